The molecule has 0 spiro atoms. The largest absolute Gasteiger partial charge is 0.497 e. The van der Waals surface area contributed by atoms with E-state index in [1.54, 1.807) is 37.6 Å². The second-order valence-electron chi connectivity index (χ2n) is 4.58. The van der Waals surface area contributed by atoms with Gasteiger partial charge in [-0.15, -0.1) is 0 Å². The first-order chi connectivity index (χ1) is 10.3. The van der Waals surface area contributed by atoms with Crippen molar-refractivity contribution in [2.45, 2.75) is 0 Å². The Morgan fingerprint density at radius 1 is 0.952 bits per heavy atom. The van der Waals surface area contributed by atoms with Gasteiger partial charge in [0.1, 0.15) is 11.5 Å². The summed E-state index contributed by atoms with van der Waals surface area (Å²) in [5.74, 6) is 1.38. The maximum absolute atomic E-state index is 12.7. The Hall–Kier alpha value is -2.81. The van der Waals surface area contributed by atoms with Crippen molar-refractivity contribution in [3.8, 4) is 17.1 Å². The lowest BCUT2D eigenvalue weighted by Crippen LogP contribution is -2.03. The van der Waals surface area contributed by atoms with Crippen molar-refractivity contribution in [2.24, 2.45) is 0 Å². The molecule has 1 aromatic heterocycles. The Kier molecular flexibility index (Phi) is 3.56. The van der Waals surface area contributed by atoms with E-state index >= 15 is 0 Å². The minimum absolute atomic E-state index is 0.0374. The number of ether oxygens (including phenoxy) is 1. The fourth-order valence-corrected chi connectivity index (χ4v) is 2.23. The minimum atomic E-state index is -0.0374. The monoisotopic (exact) mass is 278 g/mol. The van der Waals surface area contributed by atoms with E-state index in [1.807, 2.05) is 36.4 Å². The molecule has 0 unspecified atom stereocenters. The number of benzene rings is 2. The Labute approximate surface area is 122 Å². The van der Waals surface area contributed by atoms with Crippen LogP contribution in [0.15, 0.2) is 71.3 Å². The molecule has 0 atom stereocenters. The average molecular weight is 278 g/mol. The molecule has 0 bridgehead atoms. The first kappa shape index (κ1) is 13.2. The van der Waals surface area contributed by atoms with E-state index < -0.39 is 0 Å². The van der Waals surface area contributed by atoms with E-state index in [2.05, 4.69) is 0 Å². The second kappa shape index (κ2) is 5.67. The van der Waals surface area contributed by atoms with Crippen molar-refractivity contribution >= 4 is 5.78 Å². The number of methoxy groups -OCH3 is 1. The Morgan fingerprint density at radius 2 is 1.71 bits per heavy atom. The van der Waals surface area contributed by atoms with Gasteiger partial charge in [-0.05, 0) is 36.4 Å². The second-order valence-corrected chi connectivity index (χ2v) is 4.58. The molecule has 0 amide bonds. The van der Waals surface area contributed by atoms with E-state index in [0.717, 1.165) is 11.3 Å². The highest BCUT2D eigenvalue weighted by atomic mass is 16.5. The van der Waals surface area contributed by atoms with Crippen molar-refractivity contribution in [1.82, 2.24) is 0 Å². The van der Waals surface area contributed by atoms with Crippen molar-refractivity contribution in [3.63, 3.8) is 0 Å². The van der Waals surface area contributed by atoms with Gasteiger partial charge in [-0.3, -0.25) is 4.79 Å². The Morgan fingerprint density at radius 3 is 2.38 bits per heavy atom. The van der Waals surface area contributed by atoms with Crippen molar-refractivity contribution < 1.29 is 13.9 Å². The number of hydrogen-bond donors (Lipinski definition) is 0. The molecule has 3 rings (SSSR count). The quantitative estimate of drug-likeness (QED) is 0.672. The fraction of sp³-hybridized carbons (Fsp3) is 0.0556. The molecule has 3 heteroatoms. The van der Waals surface area contributed by atoms with Crippen LogP contribution in [0.3, 0.4) is 0 Å². The van der Waals surface area contributed by atoms with Gasteiger partial charge in [0, 0.05) is 16.7 Å². The van der Waals surface area contributed by atoms with Crippen LogP contribution in [-0.2, 0) is 0 Å². The predicted octanol–water partition coefficient (Wildman–Crippen LogP) is 4.19. The van der Waals surface area contributed by atoms with Crippen molar-refractivity contribution in [3.05, 3.63) is 78.1 Å². The van der Waals surface area contributed by atoms with Crippen LogP contribution in [-0.4, -0.2) is 12.9 Å². The molecule has 3 aromatic rings. The number of carbonyl (C=O) groups is 1. The summed E-state index contributed by atoms with van der Waals surface area (Å²) in [6.07, 6.45) is 1.60. The summed E-state index contributed by atoms with van der Waals surface area (Å²) >= 11 is 0. The van der Waals surface area contributed by atoms with Gasteiger partial charge in [-0.25, -0.2) is 0 Å². The first-order valence-corrected chi connectivity index (χ1v) is 6.61. The van der Waals surface area contributed by atoms with E-state index in [4.69, 9.17) is 9.15 Å². The highest BCUT2D eigenvalue weighted by Gasteiger charge is 2.15. The molecular weight excluding hydrogens is 264 g/mol. The molecule has 3 nitrogen and oxygen atoms in total. The maximum atomic E-state index is 12.7. The lowest BCUT2D eigenvalue weighted by atomic mass is 9.97. The van der Waals surface area contributed by atoms with E-state index in [1.165, 1.54) is 0 Å². The number of furan rings is 1. The predicted molar refractivity (Wildman–Crippen MR) is 80.6 cm³/mol. The molecular formula is C18H14O3. The normalized spacial score (nSPS) is 10.3. The van der Waals surface area contributed by atoms with Gasteiger partial charge >= 0.3 is 0 Å². The van der Waals surface area contributed by atoms with Crippen molar-refractivity contribution in [1.29, 1.82) is 0 Å². The molecule has 2 aromatic carbocycles. The lowest BCUT2D eigenvalue weighted by Gasteiger charge is -2.07. The smallest absolute Gasteiger partial charge is 0.193 e. The van der Waals surface area contributed by atoms with Gasteiger partial charge in [0.15, 0.2) is 5.78 Å². The molecule has 0 fully saturated rings. The molecule has 0 aliphatic heterocycles. The zero-order valence-electron chi connectivity index (χ0n) is 11.6. The highest BCUT2D eigenvalue weighted by molar-refractivity contribution is 6.12. The van der Waals surface area contributed by atoms with Crippen LogP contribution in [0, 0.1) is 0 Å². The van der Waals surface area contributed by atoms with Crippen molar-refractivity contribution in [2.75, 3.05) is 7.11 Å². The summed E-state index contributed by atoms with van der Waals surface area (Å²) in [5.41, 5.74) is 2.04. The summed E-state index contributed by atoms with van der Waals surface area (Å²) in [6, 6.07) is 18.2. The van der Waals surface area contributed by atoms with Crippen LogP contribution >= 0.6 is 0 Å². The molecule has 21 heavy (non-hydrogen) atoms. The SMILES string of the molecule is COc1ccc(C(=O)c2ccccc2-c2ccco2)cc1. The summed E-state index contributed by atoms with van der Waals surface area (Å²) in [4.78, 5) is 12.7. The summed E-state index contributed by atoms with van der Waals surface area (Å²) in [5, 5.41) is 0. The van der Waals surface area contributed by atoms with Crippen LogP contribution in [0.25, 0.3) is 11.3 Å². The van der Waals surface area contributed by atoms with Gasteiger partial charge in [0.05, 0.1) is 13.4 Å². The van der Waals surface area contributed by atoms with Crippen LogP contribution in [0.1, 0.15) is 15.9 Å². The lowest BCUT2D eigenvalue weighted by molar-refractivity contribution is 0.103. The minimum Gasteiger partial charge on any atom is -0.497 e. The zero-order chi connectivity index (χ0) is 14.7. The van der Waals surface area contributed by atoms with Crippen LogP contribution in [0.4, 0.5) is 0 Å². The standard InChI is InChI=1S/C18H14O3/c1-20-14-10-8-13(9-11-14)18(19)16-6-3-2-5-15(16)17-7-4-12-21-17/h2-12H,1H3. The Bertz CT molecular complexity index is 740. The van der Waals surface area contributed by atoms with Crippen LogP contribution in [0.2, 0.25) is 0 Å². The molecule has 0 radical (unpaired) electrons. The third-order valence-corrected chi connectivity index (χ3v) is 3.31. The summed E-state index contributed by atoms with van der Waals surface area (Å²) in [7, 11) is 1.60. The molecule has 0 saturated carbocycles. The first-order valence-electron chi connectivity index (χ1n) is 6.61. The number of carbonyl (C=O) groups excluding carboxylic acids is 1. The van der Waals surface area contributed by atoms with Gasteiger partial charge in [0.2, 0.25) is 0 Å². The number of hydrogen-bond acceptors (Lipinski definition) is 3. The molecule has 104 valence electrons. The third-order valence-electron chi connectivity index (χ3n) is 3.31. The Balaban J connectivity index is 2.02. The number of ketones is 1. The average Bonchev–Trinajstić information content (AvgIpc) is 3.08. The highest BCUT2D eigenvalue weighted by Crippen LogP contribution is 2.26. The van der Waals surface area contributed by atoms with Gasteiger partial charge in [-0.1, -0.05) is 24.3 Å². The topological polar surface area (TPSA) is 39.4 Å². The van der Waals surface area contributed by atoms with Crippen LogP contribution < -0.4 is 4.74 Å². The van der Waals surface area contributed by atoms with Gasteiger partial charge in [0.25, 0.3) is 0 Å². The molecule has 0 N–H and O–H groups in total. The van der Waals surface area contributed by atoms with E-state index in [0.29, 0.717) is 16.9 Å². The van der Waals surface area contributed by atoms with Gasteiger partial charge in [-0.2, -0.15) is 0 Å². The summed E-state index contributed by atoms with van der Waals surface area (Å²) in [6.45, 7) is 0. The molecule has 0 aliphatic carbocycles. The zero-order valence-corrected chi connectivity index (χ0v) is 11.6. The number of rotatable bonds is 4. The van der Waals surface area contributed by atoms with E-state index in [-0.39, 0.29) is 5.78 Å². The van der Waals surface area contributed by atoms with E-state index in [9.17, 15) is 4.79 Å². The molecule has 0 aliphatic rings. The third kappa shape index (κ3) is 2.58. The summed E-state index contributed by atoms with van der Waals surface area (Å²) < 4.78 is 10.5. The molecule has 1 heterocycles. The molecule has 0 saturated heterocycles. The maximum Gasteiger partial charge on any atom is 0.193 e. The fourth-order valence-electron chi connectivity index (χ4n) is 2.23. The van der Waals surface area contributed by atoms with Gasteiger partial charge < -0.3 is 9.15 Å². The van der Waals surface area contributed by atoms with Crippen LogP contribution in [0.5, 0.6) is 5.75 Å².